The summed E-state index contributed by atoms with van der Waals surface area (Å²) in [6.07, 6.45) is 7.76. The van der Waals surface area contributed by atoms with Crippen LogP contribution >= 0.6 is 0 Å². The number of phenols is 1. The first-order valence-electron chi connectivity index (χ1n) is 18.2. The van der Waals surface area contributed by atoms with Crippen LogP contribution < -0.4 is 15.4 Å². The lowest BCUT2D eigenvalue weighted by Gasteiger charge is -2.53. The van der Waals surface area contributed by atoms with E-state index in [1.54, 1.807) is 12.1 Å². The zero-order valence-corrected chi connectivity index (χ0v) is 28.8. The number of aliphatic hydroxyl groups excluding tert-OH is 1. The normalized spacial score (nSPS) is 24.6. The third-order valence-electron chi connectivity index (χ3n) is 11.5. The molecule has 4 atom stereocenters. The first kappa shape index (κ1) is 35.4. The summed E-state index contributed by atoms with van der Waals surface area (Å²) in [4.78, 5) is 10.8. The number of aromatic hydroxyl groups is 1. The van der Waals surface area contributed by atoms with Crippen LogP contribution in [0.2, 0.25) is 0 Å². The fourth-order valence-corrected chi connectivity index (χ4v) is 8.43. The Bertz CT molecular complexity index is 1490. The van der Waals surface area contributed by atoms with Gasteiger partial charge in [-0.05, 0) is 66.6 Å². The molecule has 0 aromatic heterocycles. The molecule has 264 valence electrons. The minimum atomic E-state index is -0.915. The Balaban J connectivity index is 0.949. The van der Waals surface area contributed by atoms with Gasteiger partial charge in [-0.25, -0.2) is 0 Å². The Hall–Kier alpha value is -3.47. The van der Waals surface area contributed by atoms with Crippen LogP contribution in [-0.2, 0) is 15.1 Å². The van der Waals surface area contributed by atoms with Gasteiger partial charge in [0.2, 0.25) is 6.41 Å². The highest BCUT2D eigenvalue weighted by atomic mass is 16.5. The molecule has 0 radical (unpaired) electrons. The Kier molecular flexibility index (Phi) is 11.6. The second-order valence-electron chi connectivity index (χ2n) is 14.6. The number of rotatable bonds is 17. The molecule has 7 rings (SSSR count). The van der Waals surface area contributed by atoms with Crippen molar-refractivity contribution in [3.8, 4) is 11.5 Å². The number of phenolic OH excluding ortho intramolecular Hbond substituents is 1. The van der Waals surface area contributed by atoms with E-state index in [1.807, 2.05) is 49.4 Å². The fourth-order valence-electron chi connectivity index (χ4n) is 8.43. The number of hydrogen-bond donors (Lipinski definition) is 5. The van der Waals surface area contributed by atoms with E-state index >= 15 is 0 Å². The molecule has 49 heavy (non-hydrogen) atoms. The summed E-state index contributed by atoms with van der Waals surface area (Å²) in [5.41, 5.74) is 2.03. The monoisotopic (exact) mass is 672 g/mol. The Morgan fingerprint density at radius 1 is 0.980 bits per heavy atom. The maximum atomic E-state index is 12.0. The van der Waals surface area contributed by atoms with Crippen molar-refractivity contribution in [3.05, 3.63) is 89.5 Å². The Morgan fingerprint density at radius 2 is 1.69 bits per heavy atom. The number of anilines is 1. The van der Waals surface area contributed by atoms with Crippen molar-refractivity contribution >= 4 is 12.1 Å². The molecule has 9 nitrogen and oxygen atoms in total. The number of fused-ring (bicyclic) bond motifs is 3. The smallest absolute Gasteiger partial charge is 0.211 e. The molecule has 9 heteroatoms. The predicted octanol–water partition coefficient (Wildman–Crippen LogP) is 5.82. The van der Waals surface area contributed by atoms with Crippen molar-refractivity contribution in [1.82, 2.24) is 5.32 Å². The van der Waals surface area contributed by atoms with Gasteiger partial charge < -0.3 is 39.9 Å². The number of quaternary nitrogens is 1. The van der Waals surface area contributed by atoms with E-state index in [9.17, 15) is 20.1 Å². The zero-order chi connectivity index (χ0) is 34.3. The van der Waals surface area contributed by atoms with Gasteiger partial charge in [0.1, 0.15) is 29.7 Å². The molecule has 1 unspecified atom stereocenters. The van der Waals surface area contributed by atoms with E-state index in [1.165, 1.54) is 44.8 Å². The second kappa shape index (κ2) is 16.0. The maximum Gasteiger partial charge on any atom is 0.211 e. The summed E-state index contributed by atoms with van der Waals surface area (Å²) in [5.74, 6) is 1.65. The number of ether oxygens (including phenoxy) is 2. The average molecular weight is 673 g/mol. The number of nitrogens with zero attached hydrogens (tertiary/aromatic N) is 1. The molecule has 2 bridgehead atoms. The van der Waals surface area contributed by atoms with E-state index in [4.69, 9.17) is 9.47 Å². The van der Waals surface area contributed by atoms with Gasteiger partial charge in [0, 0.05) is 37.8 Å². The molecule has 5 N–H and O–H groups in total. The standard InChI is InChI=1S/C40H53N3O6/c1-29(41-25-38(46)32-14-17-37(45)36(24-32)42-28-44)30-12-15-35(16-13-30)48-23-7-20-43-21-18-31(19-22-43)39(26-43)49-27-40(47,34-10-5-6-11-34)33-8-3-2-4-9-33/h2-4,8-9,12-17,24,28-29,31,34,38-39,41,46-47H,5-7,10-11,18-23,25-27H2,1H3,(H-,42,44,45)/p+1/t29?,31?,38-,39-,40+,43?/m0/s1. The van der Waals surface area contributed by atoms with Crippen LogP contribution in [0.3, 0.4) is 0 Å². The van der Waals surface area contributed by atoms with Gasteiger partial charge in [-0.15, -0.1) is 0 Å². The first-order chi connectivity index (χ1) is 23.8. The summed E-state index contributed by atoms with van der Waals surface area (Å²) >= 11 is 0. The summed E-state index contributed by atoms with van der Waals surface area (Å²) in [7, 11) is 0. The van der Waals surface area contributed by atoms with Gasteiger partial charge in [0.15, 0.2) is 0 Å². The SMILES string of the molecule is CC(NC[C@H](O)c1ccc(O)c(NC=O)c1)c1ccc(OCCC[N+]23CCC(CC2)[C@@H](OC[C@@](O)(c2ccccc2)C2CCCC2)C3)cc1. The molecule has 4 fully saturated rings. The van der Waals surface area contributed by atoms with Crippen molar-refractivity contribution in [2.24, 2.45) is 11.8 Å². The highest BCUT2D eigenvalue weighted by Crippen LogP contribution is 2.43. The van der Waals surface area contributed by atoms with Crippen LogP contribution in [-0.4, -0.2) is 78.3 Å². The predicted molar refractivity (Wildman–Crippen MR) is 190 cm³/mol. The summed E-state index contributed by atoms with van der Waals surface area (Å²) in [5, 5.41) is 38.3. The first-order valence-corrected chi connectivity index (χ1v) is 18.2. The number of aliphatic hydroxyl groups is 2. The molecule has 3 aliphatic heterocycles. The zero-order valence-electron chi connectivity index (χ0n) is 28.8. The molecule has 3 aromatic carbocycles. The highest BCUT2D eigenvalue weighted by molar-refractivity contribution is 5.75. The molecule has 1 aliphatic carbocycles. The fraction of sp³-hybridized carbons (Fsp3) is 0.525. The number of carbonyl (C=O) groups excluding carboxylic acids is 1. The van der Waals surface area contributed by atoms with Crippen molar-refractivity contribution in [2.45, 2.75) is 75.7 Å². The molecule has 3 aromatic rings. The summed E-state index contributed by atoms with van der Waals surface area (Å²) < 4.78 is 14.0. The molecular formula is C40H54N3O6+. The minimum Gasteiger partial charge on any atom is -0.506 e. The van der Waals surface area contributed by atoms with E-state index < -0.39 is 11.7 Å². The molecule has 3 heterocycles. The number of hydrogen-bond acceptors (Lipinski definition) is 7. The number of benzene rings is 3. The molecule has 0 spiro atoms. The third kappa shape index (κ3) is 8.47. The van der Waals surface area contributed by atoms with Gasteiger partial charge in [0.25, 0.3) is 0 Å². The van der Waals surface area contributed by atoms with E-state index in [2.05, 4.69) is 22.8 Å². The number of piperidine rings is 3. The summed E-state index contributed by atoms with van der Waals surface area (Å²) in [6.45, 7) is 7.91. The molecule has 1 amide bonds. The van der Waals surface area contributed by atoms with Gasteiger partial charge in [0.05, 0.1) is 44.6 Å². The van der Waals surface area contributed by atoms with E-state index in [-0.39, 0.29) is 29.5 Å². The topological polar surface area (TPSA) is 120 Å². The maximum absolute atomic E-state index is 12.0. The summed E-state index contributed by atoms with van der Waals surface area (Å²) in [6, 6.07) is 23.0. The lowest BCUT2D eigenvalue weighted by molar-refractivity contribution is -0.946. The van der Waals surface area contributed by atoms with Gasteiger partial charge in [-0.1, -0.05) is 61.4 Å². The number of amides is 1. The quantitative estimate of drug-likeness (QED) is 0.0531. The Morgan fingerprint density at radius 3 is 2.41 bits per heavy atom. The average Bonchev–Trinajstić information content (AvgIpc) is 3.70. The van der Waals surface area contributed by atoms with Crippen molar-refractivity contribution < 1.29 is 34.1 Å². The van der Waals surface area contributed by atoms with Gasteiger partial charge in [-0.3, -0.25) is 4.79 Å². The number of nitrogens with one attached hydrogen (secondary N) is 2. The van der Waals surface area contributed by atoms with Crippen molar-refractivity contribution in [1.29, 1.82) is 0 Å². The lowest BCUT2D eigenvalue weighted by Crippen LogP contribution is -2.65. The largest absolute Gasteiger partial charge is 0.506 e. The van der Waals surface area contributed by atoms with Gasteiger partial charge >= 0.3 is 0 Å². The van der Waals surface area contributed by atoms with Crippen LogP contribution in [0.25, 0.3) is 0 Å². The lowest BCUT2D eigenvalue weighted by atomic mass is 9.80. The second-order valence-corrected chi connectivity index (χ2v) is 14.6. The van der Waals surface area contributed by atoms with Crippen molar-refractivity contribution in [3.63, 3.8) is 0 Å². The highest BCUT2D eigenvalue weighted by Gasteiger charge is 2.48. The van der Waals surface area contributed by atoms with Crippen LogP contribution in [0.15, 0.2) is 72.8 Å². The Labute approximate surface area is 290 Å². The minimum absolute atomic E-state index is 0.00299. The molecule has 1 saturated carbocycles. The van der Waals surface area contributed by atoms with Gasteiger partial charge in [-0.2, -0.15) is 0 Å². The van der Waals surface area contributed by atoms with Crippen molar-refractivity contribution in [2.75, 3.05) is 51.3 Å². The molecular weight excluding hydrogens is 618 g/mol. The third-order valence-corrected chi connectivity index (χ3v) is 11.5. The van der Waals surface area contributed by atoms with Crippen LogP contribution in [0.4, 0.5) is 5.69 Å². The van der Waals surface area contributed by atoms with Crippen LogP contribution in [0.1, 0.15) is 80.7 Å². The van der Waals surface area contributed by atoms with Crippen LogP contribution in [0.5, 0.6) is 11.5 Å². The molecule has 3 saturated heterocycles. The number of carbonyl (C=O) groups is 1. The molecule has 4 aliphatic rings. The van der Waals surface area contributed by atoms with E-state index in [0.717, 1.165) is 53.7 Å². The van der Waals surface area contributed by atoms with Crippen LogP contribution in [0, 0.1) is 11.8 Å². The van der Waals surface area contributed by atoms with E-state index in [0.29, 0.717) is 37.6 Å².